The highest BCUT2D eigenvalue weighted by Crippen LogP contribution is 2.29. The Morgan fingerprint density at radius 2 is 1.92 bits per heavy atom. The van der Waals surface area contributed by atoms with Gasteiger partial charge in [0.15, 0.2) is 11.5 Å². The van der Waals surface area contributed by atoms with Crippen molar-refractivity contribution in [1.29, 1.82) is 0 Å². The van der Waals surface area contributed by atoms with E-state index >= 15 is 0 Å². The summed E-state index contributed by atoms with van der Waals surface area (Å²) < 4.78 is 39.7. The van der Waals surface area contributed by atoms with Crippen LogP contribution < -0.4 is 5.32 Å². The van der Waals surface area contributed by atoms with Crippen molar-refractivity contribution in [3.8, 4) is 0 Å². The average molecular weight is 334 g/mol. The van der Waals surface area contributed by atoms with Crippen molar-refractivity contribution in [2.24, 2.45) is 0 Å². The maximum Gasteiger partial charge on any atom is 0.417 e. The molecule has 0 aliphatic heterocycles. The first-order valence-corrected chi connectivity index (χ1v) is 7.11. The average Bonchev–Trinajstić information content (AvgIpc) is 2.94. The maximum atomic E-state index is 12.8. The summed E-state index contributed by atoms with van der Waals surface area (Å²) in [4.78, 5) is 12.2. The Labute approximate surface area is 135 Å². The molecule has 0 aliphatic carbocycles. The van der Waals surface area contributed by atoms with Gasteiger partial charge in [0.25, 0.3) is 5.91 Å². The van der Waals surface area contributed by atoms with Crippen molar-refractivity contribution in [2.75, 3.05) is 0 Å². The molecule has 3 rings (SSSR count). The third-order valence-electron chi connectivity index (χ3n) is 3.60. The smallest absolute Gasteiger partial charge is 0.345 e. The fourth-order valence-electron chi connectivity index (χ4n) is 2.31. The predicted octanol–water partition coefficient (Wildman–Crippen LogP) is 2.99. The van der Waals surface area contributed by atoms with E-state index in [-0.39, 0.29) is 23.9 Å². The van der Waals surface area contributed by atoms with Crippen molar-refractivity contribution < 1.29 is 18.0 Å². The van der Waals surface area contributed by atoms with Crippen LogP contribution in [0, 0.1) is 6.92 Å². The highest BCUT2D eigenvalue weighted by Gasteiger charge is 2.31. The molecule has 2 heterocycles. The second-order valence-electron chi connectivity index (χ2n) is 5.26. The Morgan fingerprint density at radius 3 is 2.62 bits per heavy atom. The van der Waals surface area contributed by atoms with Crippen LogP contribution >= 0.6 is 0 Å². The number of carbonyl (C=O) groups is 1. The lowest BCUT2D eigenvalue weighted by molar-refractivity contribution is -0.137. The second kappa shape index (κ2) is 5.95. The molecule has 0 unspecified atom stereocenters. The normalized spacial score (nSPS) is 11.7. The zero-order valence-electron chi connectivity index (χ0n) is 12.6. The van der Waals surface area contributed by atoms with E-state index in [1.54, 1.807) is 25.1 Å². The number of hydrogen-bond acceptors (Lipinski definition) is 3. The lowest BCUT2D eigenvalue weighted by Gasteiger charge is -2.09. The highest BCUT2D eigenvalue weighted by molar-refractivity contribution is 5.95. The lowest BCUT2D eigenvalue weighted by Crippen LogP contribution is -2.24. The minimum Gasteiger partial charge on any atom is -0.345 e. The molecular formula is C16H13F3N4O. The van der Waals surface area contributed by atoms with E-state index in [1.165, 1.54) is 10.5 Å². The third-order valence-corrected chi connectivity index (χ3v) is 3.60. The summed E-state index contributed by atoms with van der Waals surface area (Å²) in [6.45, 7) is 1.77. The fraction of sp³-hybridized carbons (Fsp3) is 0.188. The summed E-state index contributed by atoms with van der Waals surface area (Å²) in [5.74, 6) is -0.102. The Balaban J connectivity index is 1.83. The Kier molecular flexibility index (Phi) is 3.96. The molecule has 1 aromatic carbocycles. The summed E-state index contributed by atoms with van der Waals surface area (Å²) in [6.07, 6.45) is -3.54. The Hall–Kier alpha value is -2.90. The van der Waals surface area contributed by atoms with Crippen molar-refractivity contribution in [3.05, 3.63) is 65.1 Å². The number of nitrogens with one attached hydrogen (secondary N) is 1. The van der Waals surface area contributed by atoms with Crippen LogP contribution in [0.25, 0.3) is 5.65 Å². The monoisotopic (exact) mass is 334 g/mol. The van der Waals surface area contributed by atoms with Crippen LogP contribution in [-0.4, -0.2) is 20.5 Å². The quantitative estimate of drug-likeness (QED) is 0.801. The number of alkyl halides is 3. The number of nitrogens with zero attached hydrogens (tertiary/aromatic N) is 3. The maximum absolute atomic E-state index is 12.8. The van der Waals surface area contributed by atoms with Crippen molar-refractivity contribution >= 4 is 11.6 Å². The van der Waals surface area contributed by atoms with Gasteiger partial charge in [0.2, 0.25) is 0 Å². The van der Waals surface area contributed by atoms with Crippen LogP contribution in [0.1, 0.15) is 27.3 Å². The molecule has 124 valence electrons. The molecule has 0 aliphatic rings. The van der Waals surface area contributed by atoms with E-state index in [0.29, 0.717) is 5.56 Å². The van der Waals surface area contributed by atoms with E-state index in [1.807, 2.05) is 6.07 Å². The van der Waals surface area contributed by atoms with Crippen molar-refractivity contribution in [3.63, 3.8) is 0 Å². The first kappa shape index (κ1) is 16.0. The predicted molar refractivity (Wildman–Crippen MR) is 80.3 cm³/mol. The number of amides is 1. The SMILES string of the molecule is Cc1ccccc1C(=O)NCc1nnc2ccc(C(F)(F)F)cn12. The lowest BCUT2D eigenvalue weighted by atomic mass is 10.1. The number of aryl methyl sites for hydroxylation is 1. The summed E-state index contributed by atoms with van der Waals surface area (Å²) in [6, 6.07) is 9.22. The van der Waals surface area contributed by atoms with E-state index < -0.39 is 11.7 Å². The summed E-state index contributed by atoms with van der Waals surface area (Å²) in [7, 11) is 0. The van der Waals surface area contributed by atoms with Gasteiger partial charge in [-0.1, -0.05) is 18.2 Å². The van der Waals surface area contributed by atoms with Gasteiger partial charge in [-0.15, -0.1) is 10.2 Å². The van der Waals surface area contributed by atoms with Gasteiger partial charge in [-0.2, -0.15) is 13.2 Å². The van der Waals surface area contributed by atoms with Gasteiger partial charge in [0.1, 0.15) is 0 Å². The molecule has 1 N–H and O–H groups in total. The Bertz CT molecular complexity index is 902. The van der Waals surface area contributed by atoms with Crippen molar-refractivity contribution in [2.45, 2.75) is 19.6 Å². The number of rotatable bonds is 3. The van der Waals surface area contributed by atoms with Gasteiger partial charge in [-0.3, -0.25) is 9.20 Å². The van der Waals surface area contributed by atoms with E-state index in [9.17, 15) is 18.0 Å². The number of carbonyl (C=O) groups excluding carboxylic acids is 1. The summed E-state index contributed by atoms with van der Waals surface area (Å²) in [5.41, 5.74) is 0.784. The fourth-order valence-corrected chi connectivity index (χ4v) is 2.31. The summed E-state index contributed by atoms with van der Waals surface area (Å²) in [5, 5.41) is 10.3. The highest BCUT2D eigenvalue weighted by atomic mass is 19.4. The molecule has 5 nitrogen and oxygen atoms in total. The van der Waals surface area contributed by atoms with Gasteiger partial charge >= 0.3 is 6.18 Å². The number of halogens is 3. The molecule has 0 atom stereocenters. The van der Waals surface area contributed by atoms with Crippen LogP contribution in [0.15, 0.2) is 42.6 Å². The van der Waals surface area contributed by atoms with Crippen LogP contribution in [-0.2, 0) is 12.7 Å². The van der Waals surface area contributed by atoms with Gasteiger partial charge in [-0.25, -0.2) is 0 Å². The summed E-state index contributed by atoms with van der Waals surface area (Å²) >= 11 is 0. The van der Waals surface area contributed by atoms with Crippen LogP contribution in [0.2, 0.25) is 0 Å². The standard InChI is InChI=1S/C16H13F3N4O/c1-10-4-2-3-5-12(10)15(24)20-8-14-22-21-13-7-6-11(9-23(13)14)16(17,18)19/h2-7,9H,8H2,1H3,(H,20,24). The molecule has 0 spiro atoms. The molecule has 3 aromatic rings. The first-order chi connectivity index (χ1) is 11.4. The van der Waals surface area contributed by atoms with Gasteiger partial charge in [0, 0.05) is 11.8 Å². The molecule has 0 saturated heterocycles. The first-order valence-electron chi connectivity index (χ1n) is 7.11. The van der Waals surface area contributed by atoms with Gasteiger partial charge in [-0.05, 0) is 30.7 Å². The van der Waals surface area contributed by atoms with Gasteiger partial charge < -0.3 is 5.32 Å². The molecule has 0 fully saturated rings. The molecule has 24 heavy (non-hydrogen) atoms. The molecule has 8 heteroatoms. The second-order valence-corrected chi connectivity index (χ2v) is 5.26. The Morgan fingerprint density at radius 1 is 1.17 bits per heavy atom. The van der Waals surface area contributed by atoms with Crippen molar-refractivity contribution in [1.82, 2.24) is 19.9 Å². The van der Waals surface area contributed by atoms with E-state index in [4.69, 9.17) is 0 Å². The topological polar surface area (TPSA) is 59.3 Å². The van der Waals surface area contributed by atoms with E-state index in [0.717, 1.165) is 17.8 Å². The molecule has 1 amide bonds. The number of pyridine rings is 1. The minimum absolute atomic E-state index is 0.0321. The number of benzene rings is 1. The largest absolute Gasteiger partial charge is 0.417 e. The molecular weight excluding hydrogens is 321 g/mol. The zero-order valence-corrected chi connectivity index (χ0v) is 12.6. The number of fused-ring (bicyclic) bond motifs is 1. The third kappa shape index (κ3) is 3.08. The minimum atomic E-state index is -4.46. The zero-order chi connectivity index (χ0) is 17.3. The van der Waals surface area contributed by atoms with Crippen LogP contribution in [0.3, 0.4) is 0 Å². The van der Waals surface area contributed by atoms with Crippen LogP contribution in [0.5, 0.6) is 0 Å². The molecule has 2 aromatic heterocycles. The van der Waals surface area contributed by atoms with Crippen LogP contribution in [0.4, 0.5) is 13.2 Å². The molecule has 0 radical (unpaired) electrons. The van der Waals surface area contributed by atoms with E-state index in [2.05, 4.69) is 15.5 Å². The molecule has 0 bridgehead atoms. The van der Waals surface area contributed by atoms with Gasteiger partial charge in [0.05, 0.1) is 12.1 Å². The molecule has 0 saturated carbocycles. The number of aromatic nitrogens is 3. The number of hydrogen-bond donors (Lipinski definition) is 1.